The van der Waals surface area contributed by atoms with Crippen molar-refractivity contribution in [3.05, 3.63) is 0 Å². The van der Waals surface area contributed by atoms with Crippen LogP contribution in [0.25, 0.3) is 0 Å². The van der Waals surface area contributed by atoms with E-state index in [0.717, 1.165) is 0 Å². The van der Waals surface area contributed by atoms with E-state index >= 15 is 0 Å². The smallest absolute Gasteiger partial charge is 0.447 e. The Hall–Kier alpha value is 1.41. The number of ether oxygens (including phenoxy) is 2. The van der Waals surface area contributed by atoms with Gasteiger partial charge in [-0.2, -0.15) is 0 Å². The van der Waals surface area contributed by atoms with E-state index in [1.54, 1.807) is 13.8 Å². The number of hydrogen-bond acceptors (Lipinski definition) is 2. The summed E-state index contributed by atoms with van der Waals surface area (Å²) in [5.74, 6) is 0. The minimum atomic E-state index is -4.83. The molecule has 74 valence electrons. The van der Waals surface area contributed by atoms with E-state index in [9.17, 15) is 12.9 Å². The van der Waals surface area contributed by atoms with Crippen LogP contribution in [-0.2, 0) is 9.47 Å². The van der Waals surface area contributed by atoms with Crippen LogP contribution in [0.3, 0.4) is 0 Å². The molecule has 0 saturated carbocycles. The quantitative estimate of drug-likeness (QED) is 0.529. The van der Waals surface area contributed by atoms with E-state index in [4.69, 9.17) is 4.74 Å². The number of hydrogen-bond donors (Lipinski definition) is 0. The molecule has 0 aliphatic rings. The second-order valence-corrected chi connectivity index (χ2v) is 2.51. The summed E-state index contributed by atoms with van der Waals surface area (Å²) < 4.78 is 44.3. The number of halogens is 3. The van der Waals surface area contributed by atoms with Crippen molar-refractivity contribution < 1.29 is 73.8 Å². The Bertz CT molecular complexity index is 123. The van der Waals surface area contributed by atoms with E-state index in [0.29, 0.717) is 6.61 Å². The Morgan fingerprint density at radius 3 is 2.23 bits per heavy atom. The van der Waals surface area contributed by atoms with Gasteiger partial charge in [0.2, 0.25) is 0 Å². The third kappa shape index (κ3) is 13.4. The van der Waals surface area contributed by atoms with Gasteiger partial charge in [0.05, 0.1) is 12.7 Å². The molecule has 0 rings (SSSR count). The van der Waals surface area contributed by atoms with Crippen LogP contribution in [0.15, 0.2) is 0 Å². The molecular formula is C6H13BF3KO2. The summed E-state index contributed by atoms with van der Waals surface area (Å²) in [7, 11) is 0. The van der Waals surface area contributed by atoms with Gasteiger partial charge in [0.25, 0.3) is 0 Å². The molecule has 2 nitrogen and oxygen atoms in total. The maximum absolute atomic E-state index is 11.6. The summed E-state index contributed by atoms with van der Waals surface area (Å²) in [4.78, 5) is 0. The van der Waals surface area contributed by atoms with Crippen molar-refractivity contribution in [2.24, 2.45) is 0 Å². The Morgan fingerprint density at radius 1 is 1.31 bits per heavy atom. The molecule has 0 radical (unpaired) electrons. The molecule has 0 N–H and O–H groups in total. The molecule has 7 heteroatoms. The van der Waals surface area contributed by atoms with Crippen molar-refractivity contribution in [3.8, 4) is 0 Å². The van der Waals surface area contributed by atoms with E-state index < -0.39 is 19.6 Å². The minimum absolute atomic E-state index is 0. The third-order valence-electron chi connectivity index (χ3n) is 1.13. The molecule has 0 aromatic rings. The fraction of sp³-hybridized carbons (Fsp3) is 1.00. The normalized spacial score (nSPS) is 13.6. The summed E-state index contributed by atoms with van der Waals surface area (Å²) in [6.07, 6.45) is -0.492. The summed E-state index contributed by atoms with van der Waals surface area (Å²) >= 11 is 0. The Balaban J connectivity index is 0. The molecule has 0 amide bonds. The van der Waals surface area contributed by atoms with Crippen molar-refractivity contribution in [3.63, 3.8) is 0 Å². The van der Waals surface area contributed by atoms with Crippen molar-refractivity contribution in [2.45, 2.75) is 20.0 Å². The molecule has 0 fully saturated rings. The molecule has 13 heavy (non-hydrogen) atoms. The SMILES string of the molecule is CCOCC(C)OC[B-](F)(F)F.[K+]. The van der Waals surface area contributed by atoms with Gasteiger partial charge in [-0.05, 0) is 13.8 Å². The van der Waals surface area contributed by atoms with Gasteiger partial charge in [-0.15, -0.1) is 0 Å². The maximum Gasteiger partial charge on any atom is 1.00 e. The predicted octanol–water partition coefficient (Wildman–Crippen LogP) is -1.18. The molecule has 0 aromatic carbocycles. The van der Waals surface area contributed by atoms with E-state index in [1.807, 2.05) is 0 Å². The Labute approximate surface area is 119 Å². The molecule has 0 aromatic heterocycles. The molecule has 1 atom stereocenters. The monoisotopic (exact) mass is 224 g/mol. The summed E-state index contributed by atoms with van der Waals surface area (Å²) in [5, 5.41) is 0. The molecule has 0 bridgehead atoms. The van der Waals surface area contributed by atoms with Crippen molar-refractivity contribution in [2.75, 3.05) is 19.7 Å². The Morgan fingerprint density at radius 2 is 1.85 bits per heavy atom. The van der Waals surface area contributed by atoms with Gasteiger partial charge in [0.1, 0.15) is 0 Å². The minimum Gasteiger partial charge on any atom is -0.447 e. The topological polar surface area (TPSA) is 18.5 Å². The zero-order valence-electron chi connectivity index (χ0n) is 8.23. The summed E-state index contributed by atoms with van der Waals surface area (Å²) in [6, 6.07) is 0. The maximum atomic E-state index is 11.6. The molecule has 0 spiro atoms. The second-order valence-electron chi connectivity index (χ2n) is 2.51. The second kappa shape index (κ2) is 8.70. The first-order valence-corrected chi connectivity index (χ1v) is 3.86. The molecule has 0 aliphatic heterocycles. The summed E-state index contributed by atoms with van der Waals surface area (Å²) in [6.45, 7) is -1.94. The zero-order chi connectivity index (χ0) is 9.61. The van der Waals surface area contributed by atoms with Crippen LogP contribution in [0.4, 0.5) is 12.9 Å². The van der Waals surface area contributed by atoms with E-state index in [-0.39, 0.29) is 58.0 Å². The largest absolute Gasteiger partial charge is 1.00 e. The molecule has 1 unspecified atom stereocenters. The fourth-order valence-corrected chi connectivity index (χ4v) is 0.605. The Kier molecular flexibility index (Phi) is 11.3. The van der Waals surface area contributed by atoms with Crippen LogP contribution in [0.1, 0.15) is 13.8 Å². The van der Waals surface area contributed by atoms with Gasteiger partial charge in [-0.3, -0.25) is 0 Å². The van der Waals surface area contributed by atoms with Crippen LogP contribution in [0.5, 0.6) is 0 Å². The molecular weight excluding hydrogens is 211 g/mol. The predicted molar refractivity (Wildman–Crippen MR) is 41.0 cm³/mol. The van der Waals surface area contributed by atoms with Gasteiger partial charge in [0, 0.05) is 13.1 Å². The molecule has 0 aliphatic carbocycles. The first kappa shape index (κ1) is 16.8. The van der Waals surface area contributed by atoms with Crippen LogP contribution in [-0.4, -0.2) is 32.8 Å². The van der Waals surface area contributed by atoms with E-state index in [2.05, 4.69) is 4.74 Å². The first-order chi connectivity index (χ1) is 5.45. The average Bonchev–Trinajstić information content (AvgIpc) is 1.95. The van der Waals surface area contributed by atoms with Crippen LogP contribution in [0.2, 0.25) is 0 Å². The molecule has 0 heterocycles. The standard InChI is InChI=1S/C6H13BF3O2.K/c1-3-11-4-6(2)12-5-7(8,9)10;/h6H,3-5H2,1-2H3;/q-1;+1. The van der Waals surface area contributed by atoms with Gasteiger partial charge >= 0.3 is 58.4 Å². The zero-order valence-corrected chi connectivity index (χ0v) is 11.3. The van der Waals surface area contributed by atoms with Gasteiger partial charge in [-0.1, -0.05) is 0 Å². The van der Waals surface area contributed by atoms with Crippen LogP contribution < -0.4 is 51.4 Å². The molecule has 0 saturated heterocycles. The van der Waals surface area contributed by atoms with Crippen LogP contribution >= 0.6 is 0 Å². The average molecular weight is 224 g/mol. The third-order valence-corrected chi connectivity index (χ3v) is 1.13. The summed E-state index contributed by atoms with van der Waals surface area (Å²) in [5.41, 5.74) is 0. The van der Waals surface area contributed by atoms with Gasteiger partial charge in [0.15, 0.2) is 0 Å². The van der Waals surface area contributed by atoms with Crippen molar-refractivity contribution >= 4 is 6.98 Å². The fourth-order valence-electron chi connectivity index (χ4n) is 0.605. The van der Waals surface area contributed by atoms with Gasteiger partial charge < -0.3 is 22.4 Å². The van der Waals surface area contributed by atoms with Crippen molar-refractivity contribution in [1.29, 1.82) is 0 Å². The van der Waals surface area contributed by atoms with Gasteiger partial charge in [-0.25, -0.2) is 0 Å². The number of rotatable bonds is 6. The first-order valence-electron chi connectivity index (χ1n) is 3.86. The van der Waals surface area contributed by atoms with E-state index in [1.165, 1.54) is 0 Å². The van der Waals surface area contributed by atoms with Crippen LogP contribution in [0, 0.1) is 0 Å². The van der Waals surface area contributed by atoms with Crippen molar-refractivity contribution in [1.82, 2.24) is 0 Å².